The molecule has 4 rings (SSSR count). The molecule has 8 heteroatoms. The van der Waals surface area contributed by atoms with E-state index >= 15 is 0 Å². The Morgan fingerprint density at radius 2 is 1.83 bits per heavy atom. The molecule has 0 fully saturated rings. The number of rotatable bonds is 3. The minimum atomic E-state index is -3.91. The van der Waals surface area contributed by atoms with Gasteiger partial charge in [-0.1, -0.05) is 28.7 Å². The minimum Gasteiger partial charge on any atom is -0.317 e. The maximum Gasteiger partial charge on any atom is 0.278 e. The van der Waals surface area contributed by atoms with Crippen molar-refractivity contribution in [2.24, 2.45) is 0 Å². The molecule has 7 nitrogen and oxygen atoms in total. The number of nitrogens with two attached hydrogens (primary N) is 1. The molecule has 0 saturated heterocycles. The van der Waals surface area contributed by atoms with E-state index in [9.17, 15) is 13.2 Å². The van der Waals surface area contributed by atoms with Crippen LogP contribution in [-0.4, -0.2) is 17.8 Å². The first-order valence-electron chi connectivity index (χ1n) is 9.21. The van der Waals surface area contributed by atoms with Crippen LogP contribution in [0.4, 0.5) is 5.82 Å². The van der Waals surface area contributed by atoms with Gasteiger partial charge in [-0.15, -0.1) is 0 Å². The molecule has 0 bridgehead atoms. The van der Waals surface area contributed by atoms with Crippen molar-refractivity contribution in [2.45, 2.75) is 37.1 Å². The first-order valence-corrected chi connectivity index (χ1v) is 10.7. The standard InChI is InChI=1S/C21H20N4O3S/c1-4-24-18(22)17(29(27,28)15-9-7-13(2)8-10-15)12-16-20(24)23-19-14(3)6-5-11-25(19)21(16)26/h5-12,22H,4H2,1-3H3/p+1. The van der Waals surface area contributed by atoms with Gasteiger partial charge in [-0.05, 0) is 45.0 Å². The second-order valence-corrected chi connectivity index (χ2v) is 8.91. The van der Waals surface area contributed by atoms with Gasteiger partial charge in [0.05, 0.1) is 11.4 Å². The fourth-order valence-corrected chi connectivity index (χ4v) is 4.87. The molecular formula is C21H21N4O3S+. The van der Waals surface area contributed by atoms with Gasteiger partial charge in [-0.25, -0.2) is 13.0 Å². The highest BCUT2D eigenvalue weighted by Gasteiger charge is 2.29. The summed E-state index contributed by atoms with van der Waals surface area (Å²) in [7, 11) is -3.91. The molecular weight excluding hydrogens is 388 g/mol. The average molecular weight is 409 g/mol. The van der Waals surface area contributed by atoms with E-state index in [2.05, 4.69) is 4.98 Å². The number of aromatic nitrogens is 3. The first-order chi connectivity index (χ1) is 13.8. The van der Waals surface area contributed by atoms with E-state index in [1.165, 1.54) is 10.5 Å². The van der Waals surface area contributed by atoms with Crippen LogP contribution in [0.2, 0.25) is 0 Å². The predicted molar refractivity (Wildman–Crippen MR) is 111 cm³/mol. The Morgan fingerprint density at radius 3 is 2.48 bits per heavy atom. The largest absolute Gasteiger partial charge is 0.317 e. The minimum absolute atomic E-state index is 0.0606. The Morgan fingerprint density at radius 1 is 1.14 bits per heavy atom. The van der Waals surface area contributed by atoms with Crippen LogP contribution in [0, 0.1) is 13.8 Å². The molecule has 0 radical (unpaired) electrons. The van der Waals surface area contributed by atoms with Gasteiger partial charge in [0.15, 0.2) is 0 Å². The summed E-state index contributed by atoms with van der Waals surface area (Å²) in [6.45, 7) is 5.95. The number of nitrogen functional groups attached to an aromatic ring is 1. The summed E-state index contributed by atoms with van der Waals surface area (Å²) in [5.41, 5.74) is 8.61. The average Bonchev–Trinajstić information content (AvgIpc) is 2.69. The van der Waals surface area contributed by atoms with Gasteiger partial charge < -0.3 is 5.73 Å². The molecule has 0 unspecified atom stereocenters. The molecule has 2 N–H and O–H groups in total. The van der Waals surface area contributed by atoms with E-state index in [0.29, 0.717) is 17.8 Å². The zero-order chi connectivity index (χ0) is 20.9. The third kappa shape index (κ3) is 2.87. The van der Waals surface area contributed by atoms with Crippen molar-refractivity contribution in [2.75, 3.05) is 5.73 Å². The molecule has 148 valence electrons. The highest BCUT2D eigenvalue weighted by Crippen LogP contribution is 2.26. The van der Waals surface area contributed by atoms with E-state index in [4.69, 9.17) is 5.73 Å². The van der Waals surface area contributed by atoms with Gasteiger partial charge in [0.1, 0.15) is 10.3 Å². The smallest absolute Gasteiger partial charge is 0.278 e. The number of fused-ring (bicyclic) bond motifs is 2. The number of aryl methyl sites for hydroxylation is 3. The molecule has 0 spiro atoms. The highest BCUT2D eigenvalue weighted by atomic mass is 32.2. The zero-order valence-electron chi connectivity index (χ0n) is 16.4. The molecule has 0 aliphatic heterocycles. The number of hydrogen-bond donors (Lipinski definition) is 1. The van der Waals surface area contributed by atoms with Crippen LogP contribution in [0.5, 0.6) is 0 Å². The van der Waals surface area contributed by atoms with Crippen LogP contribution in [0.25, 0.3) is 16.7 Å². The van der Waals surface area contributed by atoms with E-state index in [1.54, 1.807) is 41.1 Å². The van der Waals surface area contributed by atoms with Crippen molar-refractivity contribution in [1.29, 1.82) is 0 Å². The Labute approximate surface area is 168 Å². The van der Waals surface area contributed by atoms with Crippen LogP contribution >= 0.6 is 0 Å². The number of pyridine rings is 2. The highest BCUT2D eigenvalue weighted by molar-refractivity contribution is 7.91. The monoisotopic (exact) mass is 409 g/mol. The van der Waals surface area contributed by atoms with Crippen LogP contribution in [-0.2, 0) is 16.4 Å². The lowest BCUT2D eigenvalue weighted by atomic mass is 10.2. The molecule has 3 heterocycles. The van der Waals surface area contributed by atoms with Gasteiger partial charge in [0.2, 0.25) is 21.3 Å². The molecule has 1 aromatic carbocycles. The quantitative estimate of drug-likeness (QED) is 0.413. The summed E-state index contributed by atoms with van der Waals surface area (Å²) >= 11 is 0. The van der Waals surface area contributed by atoms with Crippen molar-refractivity contribution < 1.29 is 13.0 Å². The van der Waals surface area contributed by atoms with Crippen LogP contribution in [0.1, 0.15) is 18.1 Å². The van der Waals surface area contributed by atoms with E-state index in [-0.39, 0.29) is 26.6 Å². The van der Waals surface area contributed by atoms with Gasteiger partial charge in [0, 0.05) is 11.8 Å². The number of sulfone groups is 1. The molecule has 0 aliphatic carbocycles. The third-order valence-electron chi connectivity index (χ3n) is 5.08. The Bertz CT molecular complexity index is 1440. The lowest BCUT2D eigenvalue weighted by Crippen LogP contribution is -2.40. The Balaban J connectivity index is 2.13. The maximum atomic E-state index is 13.3. The van der Waals surface area contributed by atoms with E-state index < -0.39 is 9.84 Å². The van der Waals surface area contributed by atoms with Gasteiger partial charge in [0.25, 0.3) is 11.2 Å². The molecule has 29 heavy (non-hydrogen) atoms. The first kappa shape index (κ1) is 19.1. The molecule has 0 aliphatic rings. The van der Waals surface area contributed by atoms with Crippen molar-refractivity contribution in [3.63, 3.8) is 0 Å². The van der Waals surface area contributed by atoms with Crippen molar-refractivity contribution in [3.05, 3.63) is 70.1 Å². The zero-order valence-corrected chi connectivity index (χ0v) is 17.2. The topological polar surface area (TPSA) is 98.4 Å². The van der Waals surface area contributed by atoms with Gasteiger partial charge in [-0.2, -0.15) is 0 Å². The Kier molecular flexibility index (Phi) is 4.38. The molecule has 3 aromatic heterocycles. The van der Waals surface area contributed by atoms with Crippen molar-refractivity contribution >= 4 is 32.3 Å². The SMILES string of the molecule is CC[n+]1c(N)c(S(=O)(=O)c2ccc(C)cc2)cc2c(=O)n3cccc(C)c3nc21. The second-order valence-electron chi connectivity index (χ2n) is 6.99. The summed E-state index contributed by atoms with van der Waals surface area (Å²) in [5.74, 6) is 0.0606. The van der Waals surface area contributed by atoms with Crippen LogP contribution in [0.15, 0.2) is 63.2 Å². The fraction of sp³-hybridized carbons (Fsp3) is 0.190. The normalized spacial score (nSPS) is 12.0. The lowest BCUT2D eigenvalue weighted by molar-refractivity contribution is -0.656. The Hall–Kier alpha value is -3.26. The fourth-order valence-electron chi connectivity index (χ4n) is 3.46. The number of anilines is 1. The van der Waals surface area contributed by atoms with Crippen LogP contribution in [0.3, 0.4) is 0 Å². The van der Waals surface area contributed by atoms with Gasteiger partial charge >= 0.3 is 0 Å². The number of nitrogens with zero attached hydrogens (tertiary/aromatic N) is 3. The molecule has 0 saturated carbocycles. The molecule has 0 amide bonds. The summed E-state index contributed by atoms with van der Waals surface area (Å²) in [6.07, 6.45) is 1.62. The summed E-state index contributed by atoms with van der Waals surface area (Å²) in [4.78, 5) is 17.8. The summed E-state index contributed by atoms with van der Waals surface area (Å²) < 4.78 is 29.6. The summed E-state index contributed by atoms with van der Waals surface area (Å²) in [5, 5.41) is 0.204. The summed E-state index contributed by atoms with van der Waals surface area (Å²) in [6, 6.07) is 11.5. The lowest BCUT2D eigenvalue weighted by Gasteiger charge is -2.12. The van der Waals surface area contributed by atoms with Crippen molar-refractivity contribution in [3.8, 4) is 0 Å². The van der Waals surface area contributed by atoms with Gasteiger partial charge in [-0.3, -0.25) is 9.20 Å². The van der Waals surface area contributed by atoms with E-state index in [0.717, 1.165) is 11.1 Å². The number of hydrogen-bond acceptors (Lipinski definition) is 5. The molecule has 0 atom stereocenters. The maximum absolute atomic E-state index is 13.3. The third-order valence-corrected chi connectivity index (χ3v) is 6.87. The molecule has 4 aromatic rings. The van der Waals surface area contributed by atoms with Crippen LogP contribution < -0.4 is 15.9 Å². The number of benzene rings is 1. The predicted octanol–water partition coefficient (Wildman–Crippen LogP) is 2.19. The van der Waals surface area contributed by atoms with Crippen molar-refractivity contribution in [1.82, 2.24) is 9.38 Å². The second kappa shape index (κ2) is 6.66. The van der Waals surface area contributed by atoms with E-state index in [1.807, 2.05) is 26.8 Å².